The van der Waals surface area contributed by atoms with Gasteiger partial charge in [-0.2, -0.15) is 5.06 Å². The van der Waals surface area contributed by atoms with Crippen LogP contribution in [0.3, 0.4) is 0 Å². The maximum absolute atomic E-state index is 5.29. The number of nitrogens with two attached hydrogens (primary N) is 1. The highest BCUT2D eigenvalue weighted by molar-refractivity contribution is 4.52. The highest BCUT2D eigenvalue weighted by Crippen LogP contribution is 2.01. The van der Waals surface area contributed by atoms with Crippen LogP contribution in [0.1, 0.15) is 6.42 Å². The summed E-state index contributed by atoms with van der Waals surface area (Å²) in [5, 5.41) is 1.92. The van der Waals surface area contributed by atoms with Crippen LogP contribution in [0.25, 0.3) is 0 Å². The molecule has 1 aliphatic rings. The Bertz CT molecular complexity index is 61.4. The van der Waals surface area contributed by atoms with E-state index >= 15 is 0 Å². The SMILES string of the molecule is NCCN1CCCO1. The van der Waals surface area contributed by atoms with Gasteiger partial charge in [-0.1, -0.05) is 0 Å². The second-order valence-corrected chi connectivity index (χ2v) is 1.90. The van der Waals surface area contributed by atoms with Crippen molar-refractivity contribution < 1.29 is 4.84 Å². The van der Waals surface area contributed by atoms with E-state index in [1.165, 1.54) is 0 Å². The zero-order chi connectivity index (χ0) is 5.82. The van der Waals surface area contributed by atoms with Crippen LogP contribution in [0, 0.1) is 0 Å². The summed E-state index contributed by atoms with van der Waals surface area (Å²) in [6, 6.07) is 0. The van der Waals surface area contributed by atoms with Crippen LogP contribution >= 0.6 is 0 Å². The Morgan fingerprint density at radius 1 is 1.62 bits per heavy atom. The summed E-state index contributed by atoms with van der Waals surface area (Å²) in [5.41, 5.74) is 5.29. The lowest BCUT2D eigenvalue weighted by atomic mass is 10.5. The maximum Gasteiger partial charge on any atom is 0.0698 e. The van der Waals surface area contributed by atoms with Gasteiger partial charge in [0, 0.05) is 19.6 Å². The molecule has 8 heavy (non-hydrogen) atoms. The third-order valence-corrected chi connectivity index (χ3v) is 1.20. The molecule has 0 amide bonds. The molecule has 48 valence electrons. The monoisotopic (exact) mass is 116 g/mol. The Morgan fingerprint density at radius 3 is 3.00 bits per heavy atom. The third-order valence-electron chi connectivity index (χ3n) is 1.20. The lowest BCUT2D eigenvalue weighted by Crippen LogP contribution is -2.25. The molecule has 3 nitrogen and oxygen atoms in total. The fourth-order valence-corrected chi connectivity index (χ4v) is 0.819. The molecule has 0 atom stereocenters. The van der Waals surface area contributed by atoms with Gasteiger partial charge >= 0.3 is 0 Å². The highest BCUT2D eigenvalue weighted by atomic mass is 16.7. The highest BCUT2D eigenvalue weighted by Gasteiger charge is 2.09. The molecular weight excluding hydrogens is 104 g/mol. The minimum atomic E-state index is 0.694. The van der Waals surface area contributed by atoms with E-state index in [1.807, 2.05) is 5.06 Å². The van der Waals surface area contributed by atoms with Crippen molar-refractivity contribution in [3.63, 3.8) is 0 Å². The minimum Gasteiger partial charge on any atom is -0.329 e. The van der Waals surface area contributed by atoms with Crippen LogP contribution in [0.15, 0.2) is 0 Å². The molecule has 2 N–H and O–H groups in total. The molecule has 1 rings (SSSR count). The molecule has 1 heterocycles. The first kappa shape index (κ1) is 6.01. The van der Waals surface area contributed by atoms with Crippen molar-refractivity contribution >= 4 is 0 Å². The number of hydrogen-bond donors (Lipinski definition) is 1. The summed E-state index contributed by atoms with van der Waals surface area (Å²) in [7, 11) is 0. The molecule has 0 bridgehead atoms. The van der Waals surface area contributed by atoms with Crippen molar-refractivity contribution in [2.45, 2.75) is 6.42 Å². The standard InChI is InChI=1S/C5H12N2O/c6-2-4-7-3-1-5-8-7/h1-6H2. The van der Waals surface area contributed by atoms with Crippen LogP contribution in [-0.4, -0.2) is 31.3 Å². The molecule has 0 saturated carbocycles. The van der Waals surface area contributed by atoms with Crippen LogP contribution in [0.4, 0.5) is 0 Å². The quantitative estimate of drug-likeness (QED) is 0.532. The molecule has 0 spiro atoms. The Labute approximate surface area is 49.4 Å². The molecule has 0 unspecified atom stereocenters. The van der Waals surface area contributed by atoms with Crippen molar-refractivity contribution in [1.82, 2.24) is 5.06 Å². The summed E-state index contributed by atoms with van der Waals surface area (Å²) < 4.78 is 0. The van der Waals surface area contributed by atoms with Gasteiger partial charge in [0.2, 0.25) is 0 Å². The lowest BCUT2D eigenvalue weighted by Gasteiger charge is -2.10. The molecule has 0 aliphatic carbocycles. The fourth-order valence-electron chi connectivity index (χ4n) is 0.819. The van der Waals surface area contributed by atoms with Crippen LogP contribution < -0.4 is 5.73 Å². The van der Waals surface area contributed by atoms with E-state index in [-0.39, 0.29) is 0 Å². The summed E-state index contributed by atoms with van der Waals surface area (Å²) >= 11 is 0. The number of hydroxylamine groups is 2. The zero-order valence-corrected chi connectivity index (χ0v) is 4.97. The Morgan fingerprint density at radius 2 is 2.50 bits per heavy atom. The van der Waals surface area contributed by atoms with E-state index in [0.29, 0.717) is 6.54 Å². The largest absolute Gasteiger partial charge is 0.329 e. The van der Waals surface area contributed by atoms with Gasteiger partial charge in [-0.05, 0) is 6.42 Å². The maximum atomic E-state index is 5.29. The number of nitrogens with zero attached hydrogens (tertiary/aromatic N) is 1. The predicted octanol–water partition coefficient (Wildman–Crippen LogP) is -0.418. The van der Waals surface area contributed by atoms with Gasteiger partial charge in [-0.25, -0.2) is 0 Å². The average Bonchev–Trinajstić information content (AvgIpc) is 2.19. The van der Waals surface area contributed by atoms with Gasteiger partial charge in [-0.3, -0.25) is 4.84 Å². The normalized spacial score (nSPS) is 22.1. The second kappa shape index (κ2) is 3.02. The first-order valence-electron chi connectivity index (χ1n) is 3.01. The summed E-state index contributed by atoms with van der Waals surface area (Å²) in [4.78, 5) is 5.15. The van der Waals surface area contributed by atoms with Gasteiger partial charge in [-0.15, -0.1) is 0 Å². The molecule has 0 aromatic rings. The van der Waals surface area contributed by atoms with E-state index in [4.69, 9.17) is 10.6 Å². The first-order valence-corrected chi connectivity index (χ1v) is 3.01. The van der Waals surface area contributed by atoms with Crippen LogP contribution in [0.2, 0.25) is 0 Å². The summed E-state index contributed by atoms with van der Waals surface area (Å²) in [6.07, 6.45) is 1.15. The molecular formula is C5H12N2O. The van der Waals surface area contributed by atoms with Gasteiger partial charge in [0.05, 0.1) is 6.61 Å². The van der Waals surface area contributed by atoms with Gasteiger partial charge in [0.1, 0.15) is 0 Å². The Hall–Kier alpha value is -0.120. The van der Waals surface area contributed by atoms with Crippen LogP contribution in [-0.2, 0) is 4.84 Å². The Kier molecular flexibility index (Phi) is 2.27. The first-order chi connectivity index (χ1) is 3.93. The smallest absolute Gasteiger partial charge is 0.0698 e. The third kappa shape index (κ3) is 1.43. The molecule has 0 aromatic heterocycles. The van der Waals surface area contributed by atoms with E-state index in [0.717, 1.165) is 26.1 Å². The lowest BCUT2D eigenvalue weighted by molar-refractivity contribution is -0.107. The van der Waals surface area contributed by atoms with Gasteiger partial charge < -0.3 is 5.73 Å². The zero-order valence-electron chi connectivity index (χ0n) is 4.97. The van der Waals surface area contributed by atoms with E-state index in [9.17, 15) is 0 Å². The number of hydrogen-bond acceptors (Lipinski definition) is 3. The molecule has 0 radical (unpaired) electrons. The molecule has 3 heteroatoms. The average molecular weight is 116 g/mol. The number of rotatable bonds is 2. The molecule has 1 saturated heterocycles. The Balaban J connectivity index is 2.06. The second-order valence-electron chi connectivity index (χ2n) is 1.90. The fraction of sp³-hybridized carbons (Fsp3) is 1.00. The molecule has 0 aromatic carbocycles. The predicted molar refractivity (Wildman–Crippen MR) is 31.2 cm³/mol. The summed E-state index contributed by atoms with van der Waals surface area (Å²) in [6.45, 7) is 3.50. The van der Waals surface area contributed by atoms with Crippen LogP contribution in [0.5, 0.6) is 0 Å². The van der Waals surface area contributed by atoms with Crippen molar-refractivity contribution in [1.29, 1.82) is 0 Å². The summed E-state index contributed by atoms with van der Waals surface area (Å²) in [5.74, 6) is 0. The van der Waals surface area contributed by atoms with E-state index in [2.05, 4.69) is 0 Å². The molecule has 1 aliphatic heterocycles. The van der Waals surface area contributed by atoms with Crippen molar-refractivity contribution in [3.8, 4) is 0 Å². The van der Waals surface area contributed by atoms with Crippen molar-refractivity contribution in [2.24, 2.45) is 5.73 Å². The van der Waals surface area contributed by atoms with E-state index < -0.39 is 0 Å². The van der Waals surface area contributed by atoms with Gasteiger partial charge in [0.15, 0.2) is 0 Å². The minimum absolute atomic E-state index is 0.694. The van der Waals surface area contributed by atoms with E-state index in [1.54, 1.807) is 0 Å². The molecule has 1 fully saturated rings. The van der Waals surface area contributed by atoms with Crippen molar-refractivity contribution in [2.75, 3.05) is 26.2 Å². The van der Waals surface area contributed by atoms with Crippen molar-refractivity contribution in [3.05, 3.63) is 0 Å². The van der Waals surface area contributed by atoms with Gasteiger partial charge in [0.25, 0.3) is 0 Å². The topological polar surface area (TPSA) is 38.5 Å².